The number of hydrogen-bond acceptors (Lipinski definition) is 3. The number of aromatic nitrogens is 2. The topological polar surface area (TPSA) is 63.1 Å². The number of aromatic carboxylic acids is 1. The van der Waals surface area contributed by atoms with E-state index in [0.717, 1.165) is 12.1 Å². The number of carboxylic acids is 1. The van der Waals surface area contributed by atoms with E-state index < -0.39 is 5.97 Å². The first-order valence-corrected chi connectivity index (χ1v) is 6.18. The first kappa shape index (κ1) is 13.2. The van der Waals surface area contributed by atoms with Crippen LogP contribution in [0.2, 0.25) is 0 Å². The molecule has 1 heterocycles. The molecule has 0 atom stereocenters. The summed E-state index contributed by atoms with van der Waals surface area (Å²) in [5, 5.41) is 8.94. The van der Waals surface area contributed by atoms with Crippen LogP contribution >= 0.6 is 0 Å². The number of hydrogen-bond donors (Lipinski definition) is 1. The van der Waals surface area contributed by atoms with Crippen molar-refractivity contribution < 1.29 is 9.90 Å². The molecule has 2 aromatic rings. The van der Waals surface area contributed by atoms with E-state index in [-0.39, 0.29) is 5.82 Å². The maximum absolute atomic E-state index is 10.9. The Kier molecular flexibility index (Phi) is 3.90. The standard InChI is InChI=1S/C15H16N2O2/c1-10-5-3-4-6-12(10)7-8-13-9-11(2)16-14(17-13)15(18)19/h3-6,9H,7-8H2,1-2H3,(H,18,19). The Labute approximate surface area is 112 Å². The fourth-order valence-electron chi connectivity index (χ4n) is 2.01. The van der Waals surface area contributed by atoms with E-state index in [9.17, 15) is 4.79 Å². The van der Waals surface area contributed by atoms with Crippen LogP contribution in [0.15, 0.2) is 30.3 Å². The molecule has 1 aromatic heterocycles. The third-order valence-corrected chi connectivity index (χ3v) is 3.01. The number of rotatable bonds is 4. The van der Waals surface area contributed by atoms with Gasteiger partial charge in [0, 0.05) is 11.4 Å². The molecule has 0 unspecified atom stereocenters. The molecular formula is C15H16N2O2. The summed E-state index contributed by atoms with van der Waals surface area (Å²) >= 11 is 0. The fraction of sp³-hybridized carbons (Fsp3) is 0.267. The third kappa shape index (κ3) is 3.37. The average molecular weight is 256 g/mol. The van der Waals surface area contributed by atoms with Gasteiger partial charge in [0.15, 0.2) is 0 Å². The molecule has 98 valence electrons. The van der Waals surface area contributed by atoms with E-state index in [0.29, 0.717) is 12.1 Å². The highest BCUT2D eigenvalue weighted by Gasteiger charge is 2.09. The molecule has 0 fully saturated rings. The van der Waals surface area contributed by atoms with Crippen LogP contribution in [0.3, 0.4) is 0 Å². The first-order chi connectivity index (χ1) is 9.06. The molecule has 4 heteroatoms. The van der Waals surface area contributed by atoms with Crippen molar-refractivity contribution in [2.24, 2.45) is 0 Å². The van der Waals surface area contributed by atoms with Crippen molar-refractivity contribution >= 4 is 5.97 Å². The summed E-state index contributed by atoms with van der Waals surface area (Å²) in [7, 11) is 0. The van der Waals surface area contributed by atoms with E-state index in [1.165, 1.54) is 11.1 Å². The highest BCUT2D eigenvalue weighted by Crippen LogP contribution is 2.11. The van der Waals surface area contributed by atoms with Crippen LogP contribution in [-0.2, 0) is 12.8 Å². The van der Waals surface area contributed by atoms with Crippen molar-refractivity contribution in [3.8, 4) is 0 Å². The molecule has 1 N–H and O–H groups in total. The van der Waals surface area contributed by atoms with Gasteiger partial charge in [0.25, 0.3) is 0 Å². The van der Waals surface area contributed by atoms with E-state index in [1.54, 1.807) is 6.92 Å². The molecule has 0 aliphatic heterocycles. The maximum atomic E-state index is 10.9. The summed E-state index contributed by atoms with van der Waals surface area (Å²) in [6.07, 6.45) is 1.57. The lowest BCUT2D eigenvalue weighted by atomic mass is 10.0. The van der Waals surface area contributed by atoms with E-state index in [2.05, 4.69) is 29.0 Å². The minimum absolute atomic E-state index is 0.125. The zero-order valence-corrected chi connectivity index (χ0v) is 11.1. The van der Waals surface area contributed by atoms with Crippen LogP contribution in [0, 0.1) is 13.8 Å². The van der Waals surface area contributed by atoms with Gasteiger partial charge in [-0.25, -0.2) is 14.8 Å². The van der Waals surface area contributed by atoms with Crippen molar-refractivity contribution in [2.75, 3.05) is 0 Å². The zero-order valence-electron chi connectivity index (χ0n) is 11.1. The van der Waals surface area contributed by atoms with Crippen LogP contribution in [0.1, 0.15) is 33.1 Å². The minimum atomic E-state index is -1.08. The van der Waals surface area contributed by atoms with Gasteiger partial charge in [-0.05, 0) is 43.9 Å². The zero-order chi connectivity index (χ0) is 13.8. The number of carboxylic acid groups (broad SMARTS) is 1. The second-order valence-corrected chi connectivity index (χ2v) is 4.56. The molecule has 19 heavy (non-hydrogen) atoms. The SMILES string of the molecule is Cc1cc(CCc2ccccc2C)nc(C(=O)O)n1. The number of carbonyl (C=O) groups is 1. The van der Waals surface area contributed by atoms with Gasteiger partial charge >= 0.3 is 5.97 Å². The van der Waals surface area contributed by atoms with Gasteiger partial charge in [-0.2, -0.15) is 0 Å². The fourth-order valence-corrected chi connectivity index (χ4v) is 2.01. The van der Waals surface area contributed by atoms with Crippen molar-refractivity contribution in [2.45, 2.75) is 26.7 Å². The van der Waals surface area contributed by atoms with Crippen molar-refractivity contribution in [1.82, 2.24) is 9.97 Å². The Morgan fingerprint density at radius 1 is 1.16 bits per heavy atom. The van der Waals surface area contributed by atoms with Gasteiger partial charge in [-0.1, -0.05) is 24.3 Å². The normalized spacial score (nSPS) is 10.4. The lowest BCUT2D eigenvalue weighted by Crippen LogP contribution is -2.08. The van der Waals surface area contributed by atoms with Gasteiger partial charge in [-0.3, -0.25) is 0 Å². The molecule has 0 aliphatic rings. The van der Waals surface area contributed by atoms with Crippen molar-refractivity contribution in [3.63, 3.8) is 0 Å². The quantitative estimate of drug-likeness (QED) is 0.913. The van der Waals surface area contributed by atoms with Crippen LogP contribution in [0.4, 0.5) is 0 Å². The molecule has 0 bridgehead atoms. The molecule has 4 nitrogen and oxygen atoms in total. The van der Waals surface area contributed by atoms with Gasteiger partial charge < -0.3 is 5.11 Å². The summed E-state index contributed by atoms with van der Waals surface area (Å²) < 4.78 is 0. The number of benzene rings is 1. The van der Waals surface area contributed by atoms with Crippen molar-refractivity contribution in [3.05, 3.63) is 58.7 Å². The summed E-state index contributed by atoms with van der Waals surface area (Å²) in [6.45, 7) is 3.86. The van der Waals surface area contributed by atoms with E-state index in [1.807, 2.05) is 18.2 Å². The number of aryl methyl sites for hydroxylation is 4. The lowest BCUT2D eigenvalue weighted by molar-refractivity contribution is 0.0682. The molecule has 0 aliphatic carbocycles. The van der Waals surface area contributed by atoms with Gasteiger partial charge in [-0.15, -0.1) is 0 Å². The maximum Gasteiger partial charge on any atom is 0.373 e. The molecule has 0 spiro atoms. The first-order valence-electron chi connectivity index (χ1n) is 6.18. The third-order valence-electron chi connectivity index (χ3n) is 3.01. The predicted molar refractivity (Wildman–Crippen MR) is 72.3 cm³/mol. The summed E-state index contributed by atoms with van der Waals surface area (Å²) in [5.74, 6) is -1.21. The molecule has 0 saturated heterocycles. The molecule has 0 saturated carbocycles. The van der Waals surface area contributed by atoms with Gasteiger partial charge in [0.1, 0.15) is 0 Å². The predicted octanol–water partition coefficient (Wildman–Crippen LogP) is 2.58. The molecule has 0 amide bonds. The molecule has 1 aromatic carbocycles. The minimum Gasteiger partial charge on any atom is -0.475 e. The van der Waals surface area contributed by atoms with Crippen LogP contribution in [0.5, 0.6) is 0 Å². The largest absolute Gasteiger partial charge is 0.475 e. The lowest BCUT2D eigenvalue weighted by Gasteiger charge is -2.06. The molecule has 0 radical (unpaired) electrons. The van der Waals surface area contributed by atoms with E-state index >= 15 is 0 Å². The Morgan fingerprint density at radius 2 is 1.89 bits per heavy atom. The highest BCUT2D eigenvalue weighted by molar-refractivity contribution is 5.83. The van der Waals surface area contributed by atoms with Crippen LogP contribution < -0.4 is 0 Å². The molecular weight excluding hydrogens is 240 g/mol. The van der Waals surface area contributed by atoms with E-state index in [4.69, 9.17) is 5.11 Å². The summed E-state index contributed by atoms with van der Waals surface area (Å²) in [6, 6.07) is 10.0. The Hall–Kier alpha value is -2.23. The Balaban J connectivity index is 2.16. The van der Waals surface area contributed by atoms with Gasteiger partial charge in [0.05, 0.1) is 0 Å². The molecule has 2 rings (SSSR count). The highest BCUT2D eigenvalue weighted by atomic mass is 16.4. The second-order valence-electron chi connectivity index (χ2n) is 4.56. The number of nitrogens with zero attached hydrogens (tertiary/aromatic N) is 2. The average Bonchev–Trinajstić information content (AvgIpc) is 2.37. The van der Waals surface area contributed by atoms with Gasteiger partial charge in [0.2, 0.25) is 5.82 Å². The van der Waals surface area contributed by atoms with Crippen LogP contribution in [0.25, 0.3) is 0 Å². The smallest absolute Gasteiger partial charge is 0.373 e. The van der Waals surface area contributed by atoms with Crippen LogP contribution in [-0.4, -0.2) is 21.0 Å². The van der Waals surface area contributed by atoms with Crippen molar-refractivity contribution in [1.29, 1.82) is 0 Å². The second kappa shape index (κ2) is 5.61. The summed E-state index contributed by atoms with van der Waals surface area (Å²) in [4.78, 5) is 18.9. The Bertz CT molecular complexity index is 609. The summed E-state index contributed by atoms with van der Waals surface area (Å²) in [5.41, 5.74) is 3.96. The monoisotopic (exact) mass is 256 g/mol. The Morgan fingerprint density at radius 3 is 2.58 bits per heavy atom.